The van der Waals surface area contributed by atoms with Crippen LogP contribution in [-0.4, -0.2) is 13.0 Å². The second-order valence-electron chi connectivity index (χ2n) is 4.82. The molecule has 112 valence electrons. The fourth-order valence-electron chi connectivity index (χ4n) is 2.05. The van der Waals surface area contributed by atoms with E-state index >= 15 is 0 Å². The highest BCUT2D eigenvalue weighted by atomic mass is 32.1. The minimum absolute atomic E-state index is 0.0458. The fraction of sp³-hybridized carbons (Fsp3) is 0.312. The van der Waals surface area contributed by atoms with Gasteiger partial charge in [-0.3, -0.25) is 4.79 Å². The second-order valence-corrected chi connectivity index (χ2v) is 5.82. The van der Waals surface area contributed by atoms with Gasteiger partial charge in [-0.2, -0.15) is 0 Å². The van der Waals surface area contributed by atoms with Gasteiger partial charge in [0, 0.05) is 24.4 Å². The number of anilines is 1. The average Bonchev–Trinajstić information content (AvgIpc) is 2.91. The number of hydrogen-bond donors (Lipinski definition) is 2. The van der Waals surface area contributed by atoms with Crippen LogP contribution in [0.25, 0.3) is 0 Å². The molecule has 21 heavy (non-hydrogen) atoms. The Hall–Kier alpha value is -1.85. The Bertz CT molecular complexity index is 610. The van der Waals surface area contributed by atoms with E-state index in [0.29, 0.717) is 6.54 Å². The Labute approximate surface area is 129 Å². The van der Waals surface area contributed by atoms with E-state index in [4.69, 9.17) is 4.74 Å². The van der Waals surface area contributed by atoms with Crippen molar-refractivity contribution in [2.45, 2.75) is 26.4 Å². The van der Waals surface area contributed by atoms with Crippen molar-refractivity contribution in [2.75, 3.05) is 12.4 Å². The Morgan fingerprint density at radius 2 is 2.19 bits per heavy atom. The summed E-state index contributed by atoms with van der Waals surface area (Å²) < 4.78 is 5.25. The van der Waals surface area contributed by atoms with E-state index in [0.717, 1.165) is 16.3 Å². The number of thiophene rings is 1. The molecular formula is C16H20N2O2S. The topological polar surface area (TPSA) is 50.4 Å². The van der Waals surface area contributed by atoms with Crippen LogP contribution in [0, 0.1) is 0 Å². The van der Waals surface area contributed by atoms with Crippen molar-refractivity contribution in [1.29, 1.82) is 0 Å². The molecule has 0 fully saturated rings. The third-order valence-electron chi connectivity index (χ3n) is 3.22. The number of rotatable bonds is 6. The van der Waals surface area contributed by atoms with Crippen LogP contribution in [0.15, 0.2) is 35.7 Å². The first kappa shape index (κ1) is 15.5. The van der Waals surface area contributed by atoms with Gasteiger partial charge in [0.2, 0.25) is 5.91 Å². The molecule has 4 nitrogen and oxygen atoms in total. The van der Waals surface area contributed by atoms with Crippen molar-refractivity contribution in [3.63, 3.8) is 0 Å². The summed E-state index contributed by atoms with van der Waals surface area (Å²) in [6.07, 6.45) is 0. The maximum atomic E-state index is 11.2. The highest BCUT2D eigenvalue weighted by Gasteiger charge is 2.09. The quantitative estimate of drug-likeness (QED) is 0.858. The molecule has 1 aromatic carbocycles. The molecule has 0 unspecified atom stereocenters. The molecule has 1 aromatic heterocycles. The number of carbonyl (C=O) groups excluding carboxylic acids is 1. The molecule has 1 amide bonds. The van der Waals surface area contributed by atoms with Gasteiger partial charge < -0.3 is 15.4 Å². The minimum Gasteiger partial charge on any atom is -0.497 e. The van der Waals surface area contributed by atoms with E-state index in [-0.39, 0.29) is 11.9 Å². The van der Waals surface area contributed by atoms with Gasteiger partial charge in [0.25, 0.3) is 0 Å². The zero-order chi connectivity index (χ0) is 15.2. The summed E-state index contributed by atoms with van der Waals surface area (Å²) in [6.45, 7) is 4.35. The van der Waals surface area contributed by atoms with E-state index in [1.807, 2.05) is 29.6 Å². The van der Waals surface area contributed by atoms with Gasteiger partial charge in [0.1, 0.15) is 5.75 Å². The molecule has 1 atom stereocenters. The molecule has 1 heterocycles. The van der Waals surface area contributed by atoms with E-state index < -0.39 is 0 Å². The SMILES string of the molecule is COc1cccc([C@@H](C)NCc2sccc2NC(C)=O)c1. The molecule has 0 spiro atoms. The van der Waals surface area contributed by atoms with Gasteiger partial charge >= 0.3 is 0 Å². The predicted molar refractivity (Wildman–Crippen MR) is 86.9 cm³/mol. The smallest absolute Gasteiger partial charge is 0.221 e. The predicted octanol–water partition coefficient (Wildman–Crippen LogP) is 3.57. The largest absolute Gasteiger partial charge is 0.497 e. The zero-order valence-electron chi connectivity index (χ0n) is 12.5. The lowest BCUT2D eigenvalue weighted by Gasteiger charge is -2.15. The van der Waals surface area contributed by atoms with Crippen molar-refractivity contribution in [3.8, 4) is 5.75 Å². The fourth-order valence-corrected chi connectivity index (χ4v) is 2.83. The molecule has 2 aromatic rings. The van der Waals surface area contributed by atoms with Crippen LogP contribution >= 0.6 is 11.3 Å². The Morgan fingerprint density at radius 3 is 2.90 bits per heavy atom. The zero-order valence-corrected chi connectivity index (χ0v) is 13.3. The monoisotopic (exact) mass is 304 g/mol. The van der Waals surface area contributed by atoms with Crippen LogP contribution in [0.1, 0.15) is 30.3 Å². The summed E-state index contributed by atoms with van der Waals surface area (Å²) in [7, 11) is 1.67. The molecule has 5 heteroatoms. The first-order valence-electron chi connectivity index (χ1n) is 6.81. The number of amides is 1. The average molecular weight is 304 g/mol. The minimum atomic E-state index is -0.0458. The van der Waals surface area contributed by atoms with Gasteiger partial charge in [-0.05, 0) is 36.1 Å². The molecule has 2 N–H and O–H groups in total. The summed E-state index contributed by atoms with van der Waals surface area (Å²) in [5.74, 6) is 0.812. The van der Waals surface area contributed by atoms with Gasteiger partial charge in [0.05, 0.1) is 12.8 Å². The number of hydrogen-bond acceptors (Lipinski definition) is 4. The molecule has 0 aliphatic heterocycles. The van der Waals surface area contributed by atoms with Crippen LogP contribution in [-0.2, 0) is 11.3 Å². The van der Waals surface area contributed by atoms with Crippen LogP contribution in [0.3, 0.4) is 0 Å². The summed E-state index contributed by atoms with van der Waals surface area (Å²) in [6, 6.07) is 10.2. The Balaban J connectivity index is 1.99. The molecule has 0 saturated carbocycles. The first-order chi connectivity index (χ1) is 10.1. The van der Waals surface area contributed by atoms with Crippen molar-refractivity contribution in [3.05, 3.63) is 46.2 Å². The normalized spacial score (nSPS) is 12.0. The van der Waals surface area contributed by atoms with E-state index in [1.54, 1.807) is 18.4 Å². The number of methoxy groups -OCH3 is 1. The summed E-state index contributed by atoms with van der Waals surface area (Å²) >= 11 is 1.63. The molecule has 0 aliphatic rings. The number of nitrogens with one attached hydrogen (secondary N) is 2. The first-order valence-corrected chi connectivity index (χ1v) is 7.69. The van der Waals surface area contributed by atoms with Gasteiger partial charge in [-0.1, -0.05) is 12.1 Å². The number of ether oxygens (including phenoxy) is 1. The Morgan fingerprint density at radius 1 is 1.38 bits per heavy atom. The van der Waals surface area contributed by atoms with E-state index in [2.05, 4.69) is 23.6 Å². The van der Waals surface area contributed by atoms with Crippen molar-refractivity contribution < 1.29 is 9.53 Å². The van der Waals surface area contributed by atoms with Crippen molar-refractivity contribution in [1.82, 2.24) is 5.32 Å². The van der Waals surface area contributed by atoms with Crippen molar-refractivity contribution in [2.24, 2.45) is 0 Å². The lowest BCUT2D eigenvalue weighted by atomic mass is 10.1. The van der Waals surface area contributed by atoms with Crippen LogP contribution in [0.4, 0.5) is 5.69 Å². The molecule has 0 aliphatic carbocycles. The van der Waals surface area contributed by atoms with Crippen LogP contribution in [0.2, 0.25) is 0 Å². The van der Waals surface area contributed by atoms with Gasteiger partial charge in [-0.15, -0.1) is 11.3 Å². The number of benzene rings is 1. The standard InChI is InChI=1S/C16H20N2O2S/c1-11(13-5-4-6-14(9-13)20-3)17-10-16-15(7-8-21-16)18-12(2)19/h4-9,11,17H,10H2,1-3H3,(H,18,19)/t11-/m1/s1. The molecule has 2 rings (SSSR count). The maximum absolute atomic E-state index is 11.2. The van der Waals surface area contributed by atoms with E-state index in [1.165, 1.54) is 12.5 Å². The third-order valence-corrected chi connectivity index (χ3v) is 4.14. The molecule has 0 bridgehead atoms. The highest BCUT2D eigenvalue weighted by Crippen LogP contribution is 2.24. The number of carbonyl (C=O) groups is 1. The second kappa shape index (κ2) is 7.24. The van der Waals surface area contributed by atoms with Crippen LogP contribution < -0.4 is 15.4 Å². The molecule has 0 radical (unpaired) electrons. The van der Waals surface area contributed by atoms with E-state index in [9.17, 15) is 4.79 Å². The summed E-state index contributed by atoms with van der Waals surface area (Å²) in [4.78, 5) is 12.3. The molecule has 0 saturated heterocycles. The Kier molecular flexibility index (Phi) is 5.36. The van der Waals surface area contributed by atoms with Crippen LogP contribution in [0.5, 0.6) is 5.75 Å². The van der Waals surface area contributed by atoms with Gasteiger partial charge in [-0.25, -0.2) is 0 Å². The third kappa shape index (κ3) is 4.31. The lowest BCUT2D eigenvalue weighted by molar-refractivity contribution is -0.114. The maximum Gasteiger partial charge on any atom is 0.221 e. The van der Waals surface area contributed by atoms with Crippen molar-refractivity contribution >= 4 is 22.9 Å². The summed E-state index contributed by atoms with van der Waals surface area (Å²) in [5, 5.41) is 8.30. The highest BCUT2D eigenvalue weighted by molar-refractivity contribution is 7.10. The lowest BCUT2D eigenvalue weighted by Crippen LogP contribution is -2.18. The summed E-state index contributed by atoms with van der Waals surface area (Å²) in [5.41, 5.74) is 2.06. The molecular weight excluding hydrogens is 284 g/mol. The van der Waals surface area contributed by atoms with Gasteiger partial charge in [0.15, 0.2) is 0 Å².